The summed E-state index contributed by atoms with van der Waals surface area (Å²) in [6, 6.07) is 18.0. The number of nitrogens with one attached hydrogen (secondary N) is 1. The first kappa shape index (κ1) is 28.4. The van der Waals surface area contributed by atoms with Crippen LogP contribution in [-0.2, 0) is 17.8 Å². The molecule has 3 atom stereocenters. The monoisotopic (exact) mass is 566 g/mol. The van der Waals surface area contributed by atoms with Crippen molar-refractivity contribution in [3.05, 3.63) is 83.8 Å². The average molecular weight is 567 g/mol. The maximum atomic E-state index is 12.8. The molecule has 1 unspecified atom stereocenters. The molecular weight excluding hydrogens is 533 g/mol. The molecule has 0 radical (unpaired) electrons. The minimum atomic E-state index is -4.76. The van der Waals surface area contributed by atoms with Crippen LogP contribution in [0.5, 0.6) is 5.75 Å². The summed E-state index contributed by atoms with van der Waals surface area (Å²) in [7, 11) is 0. The van der Waals surface area contributed by atoms with Gasteiger partial charge in [-0.1, -0.05) is 31.2 Å². The number of hydrogen-bond acceptors (Lipinski definition) is 6. The van der Waals surface area contributed by atoms with Crippen LogP contribution < -0.4 is 20.7 Å². The minimum absolute atomic E-state index is 0.177. The van der Waals surface area contributed by atoms with Crippen LogP contribution in [0.4, 0.5) is 18.9 Å². The first-order valence-corrected chi connectivity index (χ1v) is 13.6. The number of aromatic nitrogens is 3. The van der Waals surface area contributed by atoms with Gasteiger partial charge in [0.05, 0.1) is 12.5 Å². The SMILES string of the molecule is C[C@H](c1ccc(N2CCN[C@@H](C)C2)cc1)C(Cc1nc2cccnc2n1Cc1ccc(OC(F)(F)F)cc1)C(N)=O. The van der Waals surface area contributed by atoms with E-state index in [1.807, 2.05) is 17.6 Å². The maximum absolute atomic E-state index is 12.8. The Bertz CT molecular complexity index is 1490. The number of benzene rings is 2. The van der Waals surface area contributed by atoms with Gasteiger partial charge in [-0.15, -0.1) is 13.2 Å². The van der Waals surface area contributed by atoms with Crippen LogP contribution in [0.25, 0.3) is 11.2 Å². The van der Waals surface area contributed by atoms with E-state index in [9.17, 15) is 18.0 Å². The van der Waals surface area contributed by atoms with Crippen molar-refractivity contribution >= 4 is 22.8 Å². The number of hydrogen-bond donors (Lipinski definition) is 2. The van der Waals surface area contributed by atoms with Crippen molar-refractivity contribution in [1.29, 1.82) is 0 Å². The first-order chi connectivity index (χ1) is 19.6. The van der Waals surface area contributed by atoms with Crippen molar-refractivity contribution in [3.63, 3.8) is 0 Å². The number of imidazole rings is 1. The van der Waals surface area contributed by atoms with E-state index in [1.54, 1.807) is 24.4 Å². The molecule has 2 aromatic heterocycles. The number of nitrogens with zero attached hydrogens (tertiary/aromatic N) is 4. The number of nitrogens with two attached hydrogens (primary N) is 1. The lowest BCUT2D eigenvalue weighted by atomic mass is 9.84. The van der Waals surface area contributed by atoms with E-state index in [4.69, 9.17) is 10.7 Å². The van der Waals surface area contributed by atoms with Crippen LogP contribution >= 0.6 is 0 Å². The molecule has 1 amide bonds. The number of amides is 1. The predicted octanol–water partition coefficient (Wildman–Crippen LogP) is 4.62. The molecule has 1 fully saturated rings. The van der Waals surface area contributed by atoms with Crippen molar-refractivity contribution in [2.45, 2.75) is 45.1 Å². The van der Waals surface area contributed by atoms with Gasteiger partial charge in [-0.05, 0) is 60.4 Å². The molecule has 0 bridgehead atoms. The minimum Gasteiger partial charge on any atom is -0.406 e. The van der Waals surface area contributed by atoms with E-state index >= 15 is 0 Å². The number of ether oxygens (including phenoxy) is 1. The molecule has 11 heteroatoms. The van der Waals surface area contributed by atoms with Crippen LogP contribution in [0, 0.1) is 5.92 Å². The Morgan fingerprint density at radius 2 is 1.88 bits per heavy atom. The van der Waals surface area contributed by atoms with E-state index in [-0.39, 0.29) is 18.1 Å². The molecule has 0 spiro atoms. The third-order valence-electron chi connectivity index (χ3n) is 7.60. The predicted molar refractivity (Wildman–Crippen MR) is 151 cm³/mol. The fourth-order valence-electron chi connectivity index (χ4n) is 5.41. The molecule has 216 valence electrons. The van der Waals surface area contributed by atoms with Crippen molar-refractivity contribution in [2.75, 3.05) is 24.5 Å². The smallest absolute Gasteiger partial charge is 0.406 e. The number of piperazine rings is 1. The Morgan fingerprint density at radius 3 is 2.54 bits per heavy atom. The van der Waals surface area contributed by atoms with Gasteiger partial charge < -0.3 is 25.3 Å². The highest BCUT2D eigenvalue weighted by atomic mass is 19.4. The number of anilines is 1. The van der Waals surface area contributed by atoms with E-state index < -0.39 is 18.2 Å². The largest absolute Gasteiger partial charge is 0.573 e. The Hall–Kier alpha value is -4.12. The molecule has 1 aliphatic rings. The third kappa shape index (κ3) is 6.79. The number of pyridine rings is 1. The van der Waals surface area contributed by atoms with Crippen molar-refractivity contribution < 1.29 is 22.7 Å². The summed E-state index contributed by atoms with van der Waals surface area (Å²) < 4.78 is 43.6. The van der Waals surface area contributed by atoms with Crippen LogP contribution in [-0.4, -0.2) is 52.5 Å². The van der Waals surface area contributed by atoms with Crippen molar-refractivity contribution in [3.8, 4) is 5.75 Å². The number of halogens is 3. The van der Waals surface area contributed by atoms with E-state index in [0.29, 0.717) is 29.6 Å². The third-order valence-corrected chi connectivity index (χ3v) is 7.60. The first-order valence-electron chi connectivity index (χ1n) is 13.6. The number of primary amides is 1. The molecule has 4 aromatic rings. The molecule has 0 saturated carbocycles. The summed E-state index contributed by atoms with van der Waals surface area (Å²) in [4.78, 5) is 24.3. The fraction of sp³-hybridized carbons (Fsp3) is 0.367. The molecule has 0 aliphatic carbocycles. The molecule has 8 nitrogen and oxygen atoms in total. The van der Waals surface area contributed by atoms with Gasteiger partial charge in [0.1, 0.15) is 17.1 Å². The van der Waals surface area contributed by atoms with E-state index in [2.05, 4.69) is 51.1 Å². The number of alkyl halides is 3. The molecule has 1 aliphatic heterocycles. The summed E-state index contributed by atoms with van der Waals surface area (Å²) in [5.74, 6) is -0.828. The van der Waals surface area contributed by atoms with E-state index in [0.717, 1.165) is 36.4 Å². The second kappa shape index (κ2) is 11.8. The van der Waals surface area contributed by atoms with Gasteiger partial charge in [0.15, 0.2) is 5.65 Å². The topological polar surface area (TPSA) is 98.3 Å². The van der Waals surface area contributed by atoms with Gasteiger partial charge in [-0.3, -0.25) is 4.79 Å². The molecule has 41 heavy (non-hydrogen) atoms. The van der Waals surface area contributed by atoms with Crippen LogP contribution in [0.3, 0.4) is 0 Å². The van der Waals surface area contributed by atoms with Gasteiger partial charge in [0.25, 0.3) is 0 Å². The van der Waals surface area contributed by atoms with Crippen LogP contribution in [0.15, 0.2) is 66.9 Å². The highest BCUT2D eigenvalue weighted by Crippen LogP contribution is 2.30. The summed E-state index contributed by atoms with van der Waals surface area (Å²) in [6.07, 6.45) is -2.83. The summed E-state index contributed by atoms with van der Waals surface area (Å²) in [6.45, 7) is 7.26. The number of carbonyl (C=O) groups excluding carboxylic acids is 1. The van der Waals surface area contributed by atoms with Crippen molar-refractivity contribution in [2.24, 2.45) is 11.7 Å². The maximum Gasteiger partial charge on any atom is 0.573 e. The molecular formula is C30H33F3N6O2. The summed E-state index contributed by atoms with van der Waals surface area (Å²) in [5.41, 5.74) is 10.1. The van der Waals surface area contributed by atoms with Gasteiger partial charge in [0.2, 0.25) is 5.91 Å². The Balaban J connectivity index is 1.38. The molecule has 3 heterocycles. The zero-order chi connectivity index (χ0) is 29.1. The molecule has 2 aromatic carbocycles. The number of fused-ring (bicyclic) bond motifs is 1. The Morgan fingerprint density at radius 1 is 1.15 bits per heavy atom. The Labute approximate surface area is 236 Å². The Kier molecular flexibility index (Phi) is 8.16. The summed E-state index contributed by atoms with van der Waals surface area (Å²) in [5, 5.41) is 3.45. The molecule has 1 saturated heterocycles. The van der Waals surface area contributed by atoms with Gasteiger partial charge >= 0.3 is 6.36 Å². The second-order valence-electron chi connectivity index (χ2n) is 10.5. The average Bonchev–Trinajstić information content (AvgIpc) is 3.28. The lowest BCUT2D eigenvalue weighted by Gasteiger charge is -2.34. The van der Waals surface area contributed by atoms with Crippen molar-refractivity contribution in [1.82, 2.24) is 19.9 Å². The highest BCUT2D eigenvalue weighted by molar-refractivity contribution is 5.78. The zero-order valence-electron chi connectivity index (χ0n) is 22.9. The van der Waals surface area contributed by atoms with Crippen LogP contribution in [0.2, 0.25) is 0 Å². The summed E-state index contributed by atoms with van der Waals surface area (Å²) >= 11 is 0. The lowest BCUT2D eigenvalue weighted by Crippen LogP contribution is -2.49. The van der Waals surface area contributed by atoms with Gasteiger partial charge in [-0.2, -0.15) is 0 Å². The standard InChI is InChI=1S/C30H33F3N6O2/c1-19-17-38(15-14-35-19)23-9-7-22(8-10-23)20(2)25(28(34)40)16-27-37-26-4-3-13-36-29(26)39(27)18-21-5-11-24(12-6-21)41-30(31,32)33/h3-13,19-20,25,35H,14-18H2,1-2H3,(H2,34,40)/t19-,20+,25?/m0/s1. The van der Waals surface area contributed by atoms with Gasteiger partial charge in [0, 0.05) is 44.0 Å². The highest BCUT2D eigenvalue weighted by Gasteiger charge is 2.31. The molecule has 5 rings (SSSR count). The number of carbonyl (C=O) groups is 1. The van der Waals surface area contributed by atoms with E-state index in [1.165, 1.54) is 12.1 Å². The zero-order valence-corrected chi connectivity index (χ0v) is 22.9. The van der Waals surface area contributed by atoms with Crippen LogP contribution in [0.1, 0.15) is 36.7 Å². The fourth-order valence-corrected chi connectivity index (χ4v) is 5.41. The lowest BCUT2D eigenvalue weighted by molar-refractivity contribution is -0.274. The van der Waals surface area contributed by atoms with Gasteiger partial charge in [-0.25, -0.2) is 9.97 Å². The number of rotatable bonds is 9. The quantitative estimate of drug-likeness (QED) is 0.307. The second-order valence-corrected chi connectivity index (χ2v) is 10.5. The molecule has 3 N–H and O–H groups in total. The normalized spacial score (nSPS) is 17.4.